The quantitative estimate of drug-likeness (QED) is 0.770. The molecule has 4 rings (SSSR count). The molecule has 3 heterocycles. The molecule has 1 aromatic carbocycles. The molecular weight excluding hydrogens is 350 g/mol. The highest BCUT2D eigenvalue weighted by atomic mass is 19.1. The SMILES string of the molecule is CN1CCN(c2ccc3ccc(C(=O)Nc4ccc(F)cc4F)cn23)CC1. The summed E-state index contributed by atoms with van der Waals surface area (Å²) in [6, 6.07) is 10.7. The molecule has 1 fully saturated rings. The van der Waals surface area contributed by atoms with Gasteiger partial charge in [-0.2, -0.15) is 0 Å². The number of carbonyl (C=O) groups excluding carboxylic acids is 1. The Kier molecular flexibility index (Phi) is 4.53. The summed E-state index contributed by atoms with van der Waals surface area (Å²) in [5.74, 6) is -0.902. The van der Waals surface area contributed by atoms with Crippen LogP contribution in [0.15, 0.2) is 48.7 Å². The highest BCUT2D eigenvalue weighted by Crippen LogP contribution is 2.22. The number of halogens is 2. The van der Waals surface area contributed by atoms with Gasteiger partial charge in [-0.3, -0.25) is 4.79 Å². The van der Waals surface area contributed by atoms with Crippen molar-refractivity contribution in [1.82, 2.24) is 9.30 Å². The number of fused-ring (bicyclic) bond motifs is 1. The number of piperazine rings is 1. The maximum atomic E-state index is 13.8. The highest BCUT2D eigenvalue weighted by molar-refractivity contribution is 6.04. The number of hydrogen-bond donors (Lipinski definition) is 1. The van der Waals surface area contributed by atoms with E-state index >= 15 is 0 Å². The third-order valence-corrected chi connectivity index (χ3v) is 4.90. The van der Waals surface area contributed by atoms with Crippen LogP contribution < -0.4 is 10.2 Å². The molecule has 0 bridgehead atoms. The maximum Gasteiger partial charge on any atom is 0.257 e. The van der Waals surface area contributed by atoms with Gasteiger partial charge in [0.1, 0.15) is 17.5 Å². The Morgan fingerprint density at radius 2 is 1.74 bits per heavy atom. The van der Waals surface area contributed by atoms with Gasteiger partial charge in [0.25, 0.3) is 5.91 Å². The summed E-state index contributed by atoms with van der Waals surface area (Å²) in [4.78, 5) is 17.1. The number of rotatable bonds is 3. The standard InChI is InChI=1S/C20H20F2N4O/c1-24-8-10-25(11-9-24)19-7-5-16-4-2-14(13-26(16)19)20(27)23-18-6-3-15(21)12-17(18)22/h2-7,12-13H,8-11H2,1H3,(H,23,27). The lowest BCUT2D eigenvalue weighted by Gasteiger charge is -2.33. The summed E-state index contributed by atoms with van der Waals surface area (Å²) >= 11 is 0. The molecule has 0 saturated carbocycles. The van der Waals surface area contributed by atoms with E-state index in [1.54, 1.807) is 12.3 Å². The maximum absolute atomic E-state index is 13.8. The van der Waals surface area contributed by atoms with Crippen molar-refractivity contribution in [3.63, 3.8) is 0 Å². The van der Waals surface area contributed by atoms with Crippen LogP contribution in [0.2, 0.25) is 0 Å². The van der Waals surface area contributed by atoms with Crippen LogP contribution in [0.1, 0.15) is 10.4 Å². The molecule has 0 spiro atoms. The first-order chi connectivity index (χ1) is 13.0. The van der Waals surface area contributed by atoms with Crippen molar-refractivity contribution in [3.05, 3.63) is 65.9 Å². The Balaban J connectivity index is 1.60. The van der Waals surface area contributed by atoms with Gasteiger partial charge in [0.2, 0.25) is 0 Å². The highest BCUT2D eigenvalue weighted by Gasteiger charge is 2.18. The van der Waals surface area contributed by atoms with Crippen LogP contribution in [-0.2, 0) is 0 Å². The molecule has 0 aliphatic carbocycles. The number of pyridine rings is 1. The van der Waals surface area contributed by atoms with E-state index in [4.69, 9.17) is 0 Å². The van der Waals surface area contributed by atoms with Gasteiger partial charge in [0.05, 0.1) is 11.3 Å². The Labute approximate surface area is 155 Å². The van der Waals surface area contributed by atoms with E-state index in [0.29, 0.717) is 5.56 Å². The Morgan fingerprint density at radius 3 is 2.48 bits per heavy atom. The predicted octanol–water partition coefficient (Wildman–Crippen LogP) is 3.22. The van der Waals surface area contributed by atoms with E-state index in [2.05, 4.69) is 22.2 Å². The molecule has 0 atom stereocenters. The zero-order valence-corrected chi connectivity index (χ0v) is 15.0. The molecule has 3 aromatic rings. The van der Waals surface area contributed by atoms with Crippen LogP contribution in [0.5, 0.6) is 0 Å². The zero-order valence-electron chi connectivity index (χ0n) is 15.0. The van der Waals surface area contributed by atoms with Crippen molar-refractivity contribution >= 4 is 22.9 Å². The Morgan fingerprint density at radius 1 is 1.00 bits per heavy atom. The van der Waals surface area contributed by atoms with E-state index in [0.717, 1.165) is 49.6 Å². The molecule has 140 valence electrons. The first-order valence-electron chi connectivity index (χ1n) is 8.82. The van der Waals surface area contributed by atoms with Crippen LogP contribution in [-0.4, -0.2) is 48.4 Å². The lowest BCUT2D eigenvalue weighted by atomic mass is 10.2. The van der Waals surface area contributed by atoms with Gasteiger partial charge in [0.15, 0.2) is 0 Å². The van der Waals surface area contributed by atoms with Crippen molar-refractivity contribution in [3.8, 4) is 0 Å². The van der Waals surface area contributed by atoms with Gasteiger partial charge in [-0.15, -0.1) is 0 Å². The molecule has 5 nitrogen and oxygen atoms in total. The largest absolute Gasteiger partial charge is 0.355 e. The minimum atomic E-state index is -0.802. The van der Waals surface area contributed by atoms with E-state index in [1.807, 2.05) is 22.6 Å². The summed E-state index contributed by atoms with van der Waals surface area (Å²) < 4.78 is 28.8. The number of nitrogens with one attached hydrogen (secondary N) is 1. The van der Waals surface area contributed by atoms with Gasteiger partial charge < -0.3 is 19.5 Å². The number of likely N-dealkylation sites (N-methyl/N-ethyl adjacent to an activating group) is 1. The van der Waals surface area contributed by atoms with Gasteiger partial charge in [-0.1, -0.05) is 0 Å². The topological polar surface area (TPSA) is 40.0 Å². The number of hydrogen-bond acceptors (Lipinski definition) is 3. The number of benzene rings is 1. The van der Waals surface area contributed by atoms with Crippen molar-refractivity contribution in [2.24, 2.45) is 0 Å². The number of aromatic nitrogens is 1. The van der Waals surface area contributed by atoms with Crippen LogP contribution in [0, 0.1) is 11.6 Å². The summed E-state index contributed by atoms with van der Waals surface area (Å²) in [5.41, 5.74) is 1.33. The van der Waals surface area contributed by atoms with Crippen LogP contribution in [0.3, 0.4) is 0 Å². The van der Waals surface area contributed by atoms with Crippen molar-refractivity contribution in [2.45, 2.75) is 0 Å². The third kappa shape index (κ3) is 3.50. The van der Waals surface area contributed by atoms with E-state index in [1.165, 1.54) is 6.07 Å². The minimum absolute atomic E-state index is 0.0479. The molecule has 1 aliphatic heterocycles. The molecular formula is C20H20F2N4O. The van der Waals surface area contributed by atoms with E-state index in [-0.39, 0.29) is 5.69 Å². The molecule has 1 amide bonds. The summed E-state index contributed by atoms with van der Waals surface area (Å²) in [7, 11) is 2.10. The normalized spacial score (nSPS) is 15.3. The molecule has 2 aromatic heterocycles. The molecule has 27 heavy (non-hydrogen) atoms. The van der Waals surface area contributed by atoms with Gasteiger partial charge >= 0.3 is 0 Å². The monoisotopic (exact) mass is 370 g/mol. The predicted molar refractivity (Wildman–Crippen MR) is 101 cm³/mol. The van der Waals surface area contributed by atoms with Crippen LogP contribution >= 0.6 is 0 Å². The van der Waals surface area contributed by atoms with Gasteiger partial charge in [-0.05, 0) is 43.4 Å². The Hall–Kier alpha value is -2.93. The number of carbonyl (C=O) groups is 1. The molecule has 1 aliphatic rings. The molecule has 1 saturated heterocycles. The average molecular weight is 370 g/mol. The fourth-order valence-corrected chi connectivity index (χ4v) is 3.30. The minimum Gasteiger partial charge on any atom is -0.355 e. The van der Waals surface area contributed by atoms with Crippen LogP contribution in [0.25, 0.3) is 5.52 Å². The third-order valence-electron chi connectivity index (χ3n) is 4.90. The lowest BCUT2D eigenvalue weighted by Crippen LogP contribution is -2.44. The fraction of sp³-hybridized carbons (Fsp3) is 0.250. The molecule has 1 N–H and O–H groups in total. The molecule has 0 radical (unpaired) electrons. The van der Waals surface area contributed by atoms with Crippen molar-refractivity contribution in [2.75, 3.05) is 43.4 Å². The number of nitrogens with zero attached hydrogens (tertiary/aromatic N) is 3. The lowest BCUT2D eigenvalue weighted by molar-refractivity contribution is 0.102. The zero-order chi connectivity index (χ0) is 19.0. The smallest absolute Gasteiger partial charge is 0.257 e. The van der Waals surface area contributed by atoms with Crippen molar-refractivity contribution < 1.29 is 13.6 Å². The average Bonchev–Trinajstić information content (AvgIpc) is 3.08. The second kappa shape index (κ2) is 7.00. The Bertz CT molecular complexity index is 993. The number of amides is 1. The van der Waals surface area contributed by atoms with Crippen molar-refractivity contribution in [1.29, 1.82) is 0 Å². The van der Waals surface area contributed by atoms with E-state index < -0.39 is 17.5 Å². The van der Waals surface area contributed by atoms with Gasteiger partial charge in [-0.25, -0.2) is 8.78 Å². The summed E-state index contributed by atoms with van der Waals surface area (Å²) in [5, 5.41) is 2.50. The molecule has 7 heteroatoms. The van der Waals surface area contributed by atoms with E-state index in [9.17, 15) is 13.6 Å². The second-order valence-electron chi connectivity index (χ2n) is 6.77. The first kappa shape index (κ1) is 17.5. The summed E-state index contributed by atoms with van der Waals surface area (Å²) in [6.07, 6.45) is 1.75. The fourth-order valence-electron chi connectivity index (χ4n) is 3.30. The van der Waals surface area contributed by atoms with Gasteiger partial charge in [0, 0.05) is 44.0 Å². The first-order valence-corrected chi connectivity index (χ1v) is 8.82. The molecule has 0 unspecified atom stereocenters. The second-order valence-corrected chi connectivity index (χ2v) is 6.77. The van der Waals surface area contributed by atoms with Crippen LogP contribution in [0.4, 0.5) is 20.3 Å². The summed E-state index contributed by atoms with van der Waals surface area (Å²) in [6.45, 7) is 3.80. The number of anilines is 2.